The van der Waals surface area contributed by atoms with Crippen molar-refractivity contribution in [3.05, 3.63) is 35.9 Å². The van der Waals surface area contributed by atoms with Crippen molar-refractivity contribution >= 4 is 12.1 Å². The van der Waals surface area contributed by atoms with Gasteiger partial charge in [-0.05, 0) is 39.3 Å². The van der Waals surface area contributed by atoms with Crippen molar-refractivity contribution in [2.24, 2.45) is 5.92 Å². The van der Waals surface area contributed by atoms with Gasteiger partial charge in [0.1, 0.15) is 18.4 Å². The third kappa shape index (κ3) is 4.47. The number of carbonyl (C=O) groups excluding carboxylic acids is 2. The highest BCUT2D eigenvalue weighted by Gasteiger charge is 2.43. The number of rotatable bonds is 3. The van der Waals surface area contributed by atoms with Crippen molar-refractivity contribution in [2.45, 2.75) is 52.0 Å². The Morgan fingerprint density at radius 3 is 2.46 bits per heavy atom. The molecular formula is C18H25NO5. The number of benzene rings is 1. The van der Waals surface area contributed by atoms with E-state index in [1.807, 2.05) is 13.0 Å². The number of amides is 1. The maximum atomic E-state index is 12.3. The summed E-state index contributed by atoms with van der Waals surface area (Å²) in [5.74, 6) is -0.563. The molecule has 0 spiro atoms. The third-order valence-electron chi connectivity index (χ3n) is 3.85. The Hall–Kier alpha value is -2.08. The lowest BCUT2D eigenvalue weighted by molar-refractivity contribution is -0.0412. The summed E-state index contributed by atoms with van der Waals surface area (Å²) in [6, 6.07) is 8.25. The minimum Gasteiger partial charge on any atom is -0.460 e. The van der Waals surface area contributed by atoms with Gasteiger partial charge < -0.3 is 14.6 Å². The Kier molecular flexibility index (Phi) is 5.49. The average Bonchev–Trinajstić information content (AvgIpc) is 2.79. The molecule has 0 aromatic heterocycles. The molecule has 1 saturated heterocycles. The van der Waals surface area contributed by atoms with E-state index in [-0.39, 0.29) is 12.5 Å². The van der Waals surface area contributed by atoms with Crippen LogP contribution in [0.3, 0.4) is 0 Å². The van der Waals surface area contributed by atoms with Gasteiger partial charge in [0.05, 0.1) is 11.6 Å². The summed E-state index contributed by atoms with van der Waals surface area (Å²) in [5, 5.41) is 10.3. The van der Waals surface area contributed by atoms with Gasteiger partial charge >= 0.3 is 12.1 Å². The van der Waals surface area contributed by atoms with E-state index in [9.17, 15) is 14.7 Å². The highest BCUT2D eigenvalue weighted by atomic mass is 16.6. The van der Waals surface area contributed by atoms with E-state index >= 15 is 0 Å². The highest BCUT2D eigenvalue weighted by Crippen LogP contribution is 2.30. The Balaban J connectivity index is 2.02. The lowest BCUT2D eigenvalue weighted by Gasteiger charge is -2.30. The molecule has 0 unspecified atom stereocenters. The lowest BCUT2D eigenvalue weighted by Crippen LogP contribution is -2.46. The lowest BCUT2D eigenvalue weighted by atomic mass is 10.1. The van der Waals surface area contributed by atoms with Crippen LogP contribution in [0.4, 0.5) is 4.79 Å². The summed E-state index contributed by atoms with van der Waals surface area (Å²) in [5.41, 5.74) is -0.207. The van der Waals surface area contributed by atoms with Crippen LogP contribution in [0.2, 0.25) is 0 Å². The van der Waals surface area contributed by atoms with Crippen LogP contribution in [0.1, 0.15) is 44.5 Å². The molecule has 1 aliphatic rings. The average molecular weight is 335 g/mol. The van der Waals surface area contributed by atoms with Gasteiger partial charge in [-0.15, -0.1) is 0 Å². The maximum absolute atomic E-state index is 12.3. The summed E-state index contributed by atoms with van der Waals surface area (Å²) in [6.07, 6.45) is -0.997. The molecule has 1 heterocycles. The minimum absolute atomic E-state index is 0.0222. The van der Waals surface area contributed by atoms with Crippen molar-refractivity contribution in [3.8, 4) is 0 Å². The molecule has 1 aliphatic heterocycles. The van der Waals surface area contributed by atoms with Crippen LogP contribution in [0.25, 0.3) is 0 Å². The normalized spacial score (nSPS) is 23.9. The van der Waals surface area contributed by atoms with Gasteiger partial charge in [-0.1, -0.05) is 25.1 Å². The maximum Gasteiger partial charge on any atom is 0.412 e. The molecule has 0 bridgehead atoms. The zero-order chi connectivity index (χ0) is 17.9. The van der Waals surface area contributed by atoms with Gasteiger partial charge in [-0.3, -0.25) is 4.90 Å². The fraction of sp³-hybridized carbons (Fsp3) is 0.556. The number of esters is 1. The standard InChI is InChI=1S/C18H25NO5/c1-12-10-14(11-23-16(21)13-8-6-5-7-9-13)19(15(12)20)17(22)24-18(2,3)4/h5-9,12,14-15,20H,10-11H2,1-4H3/t12-,14-,15-/m0/s1. The van der Waals surface area contributed by atoms with Crippen molar-refractivity contribution in [1.29, 1.82) is 0 Å². The summed E-state index contributed by atoms with van der Waals surface area (Å²) in [4.78, 5) is 25.7. The van der Waals surface area contributed by atoms with Crippen LogP contribution >= 0.6 is 0 Å². The molecule has 0 aliphatic carbocycles. The first-order chi connectivity index (χ1) is 11.2. The first-order valence-corrected chi connectivity index (χ1v) is 8.10. The van der Waals surface area contributed by atoms with E-state index in [1.165, 1.54) is 4.90 Å². The van der Waals surface area contributed by atoms with Gasteiger partial charge in [0.2, 0.25) is 0 Å². The topological polar surface area (TPSA) is 76.1 Å². The zero-order valence-electron chi connectivity index (χ0n) is 14.6. The second kappa shape index (κ2) is 7.21. The molecule has 132 valence electrons. The number of likely N-dealkylation sites (tertiary alicyclic amines) is 1. The molecule has 1 N–H and O–H groups in total. The fourth-order valence-corrected chi connectivity index (χ4v) is 2.70. The van der Waals surface area contributed by atoms with Crippen LogP contribution in [-0.4, -0.2) is 46.5 Å². The van der Waals surface area contributed by atoms with Gasteiger partial charge in [-0.25, -0.2) is 9.59 Å². The van der Waals surface area contributed by atoms with E-state index in [2.05, 4.69) is 0 Å². The summed E-state index contributed by atoms with van der Waals surface area (Å²) in [6.45, 7) is 7.17. The molecule has 3 atom stereocenters. The number of aliphatic hydroxyl groups is 1. The molecular weight excluding hydrogens is 310 g/mol. The summed E-state index contributed by atoms with van der Waals surface area (Å²) in [7, 11) is 0. The molecule has 1 aromatic rings. The van der Waals surface area contributed by atoms with Crippen LogP contribution in [0.15, 0.2) is 30.3 Å². The molecule has 6 heteroatoms. The monoisotopic (exact) mass is 335 g/mol. The van der Waals surface area contributed by atoms with E-state index in [1.54, 1.807) is 45.0 Å². The Morgan fingerprint density at radius 1 is 1.25 bits per heavy atom. The minimum atomic E-state index is -0.944. The molecule has 2 rings (SSSR count). The molecule has 1 aromatic carbocycles. The van der Waals surface area contributed by atoms with Gasteiger partial charge in [-0.2, -0.15) is 0 Å². The molecule has 0 radical (unpaired) electrons. The zero-order valence-corrected chi connectivity index (χ0v) is 14.6. The first-order valence-electron chi connectivity index (χ1n) is 8.10. The van der Waals surface area contributed by atoms with Gasteiger partial charge in [0, 0.05) is 5.92 Å². The first kappa shape index (κ1) is 18.3. The second-order valence-corrected chi connectivity index (χ2v) is 7.13. The third-order valence-corrected chi connectivity index (χ3v) is 3.85. The number of hydrogen-bond donors (Lipinski definition) is 1. The van der Waals surface area contributed by atoms with Crippen LogP contribution in [0, 0.1) is 5.92 Å². The smallest absolute Gasteiger partial charge is 0.412 e. The summed E-state index contributed by atoms with van der Waals surface area (Å²) < 4.78 is 10.7. The van der Waals surface area contributed by atoms with Crippen molar-refractivity contribution in [2.75, 3.05) is 6.61 Å². The number of carbonyl (C=O) groups is 2. The highest BCUT2D eigenvalue weighted by molar-refractivity contribution is 5.89. The molecule has 24 heavy (non-hydrogen) atoms. The molecule has 0 saturated carbocycles. The van der Waals surface area contributed by atoms with E-state index in [0.717, 1.165) is 0 Å². The Morgan fingerprint density at radius 2 is 1.88 bits per heavy atom. The van der Waals surface area contributed by atoms with E-state index in [4.69, 9.17) is 9.47 Å². The second-order valence-electron chi connectivity index (χ2n) is 7.13. The Bertz CT molecular complexity index is 581. The van der Waals surface area contributed by atoms with Crippen LogP contribution in [-0.2, 0) is 9.47 Å². The number of aliphatic hydroxyl groups excluding tert-OH is 1. The van der Waals surface area contributed by atoms with E-state index < -0.39 is 29.9 Å². The SMILES string of the molecule is C[C@H]1C[C@@H](COC(=O)c2ccccc2)N(C(=O)OC(C)(C)C)[C@H]1O. The fourth-order valence-electron chi connectivity index (χ4n) is 2.70. The van der Waals surface area contributed by atoms with Crippen molar-refractivity contribution < 1.29 is 24.2 Å². The summed E-state index contributed by atoms with van der Waals surface area (Å²) >= 11 is 0. The van der Waals surface area contributed by atoms with Crippen LogP contribution < -0.4 is 0 Å². The van der Waals surface area contributed by atoms with Gasteiger partial charge in [0.25, 0.3) is 0 Å². The predicted molar refractivity (Wildman–Crippen MR) is 88.4 cm³/mol. The molecule has 1 amide bonds. The van der Waals surface area contributed by atoms with Crippen molar-refractivity contribution in [3.63, 3.8) is 0 Å². The number of nitrogens with zero attached hydrogens (tertiary/aromatic N) is 1. The molecule has 1 fully saturated rings. The number of hydrogen-bond acceptors (Lipinski definition) is 5. The number of ether oxygens (including phenoxy) is 2. The molecule has 6 nitrogen and oxygen atoms in total. The largest absolute Gasteiger partial charge is 0.460 e. The van der Waals surface area contributed by atoms with Crippen LogP contribution in [0.5, 0.6) is 0 Å². The predicted octanol–water partition coefficient (Wildman–Crippen LogP) is 2.81. The quantitative estimate of drug-likeness (QED) is 0.860. The Labute approximate surface area is 142 Å². The van der Waals surface area contributed by atoms with Crippen molar-refractivity contribution in [1.82, 2.24) is 4.90 Å². The van der Waals surface area contributed by atoms with Gasteiger partial charge in [0.15, 0.2) is 0 Å². The van der Waals surface area contributed by atoms with E-state index in [0.29, 0.717) is 12.0 Å².